The number of hydrogen-bond donors (Lipinski definition) is 2. The molecule has 3 rings (SSSR count). The Kier molecular flexibility index (Phi) is 5.73. The summed E-state index contributed by atoms with van der Waals surface area (Å²) < 4.78 is 0. The monoisotopic (exact) mass is 323 g/mol. The first-order valence-electron chi connectivity index (χ1n) is 6.82. The van der Waals surface area contributed by atoms with E-state index in [9.17, 15) is 4.79 Å². The van der Waals surface area contributed by atoms with Crippen molar-refractivity contribution in [3.63, 3.8) is 0 Å². The number of anilines is 1. The van der Waals surface area contributed by atoms with Crippen molar-refractivity contribution >= 4 is 34.8 Å². The fourth-order valence-corrected chi connectivity index (χ4v) is 2.99. The Morgan fingerprint density at radius 3 is 2.81 bits per heavy atom. The number of nitrogens with zero attached hydrogens (tertiary/aromatic N) is 1. The van der Waals surface area contributed by atoms with Gasteiger partial charge in [0.05, 0.1) is 0 Å². The summed E-state index contributed by atoms with van der Waals surface area (Å²) in [6.45, 7) is 2.23. The molecule has 1 aliphatic heterocycles. The number of aromatic nitrogens is 1. The van der Waals surface area contributed by atoms with E-state index >= 15 is 0 Å². The summed E-state index contributed by atoms with van der Waals surface area (Å²) in [4.78, 5) is 16.1. The Hall–Kier alpha value is -1.43. The first-order chi connectivity index (χ1) is 9.81. The second kappa shape index (κ2) is 7.54. The van der Waals surface area contributed by atoms with Crippen LogP contribution in [0.2, 0.25) is 0 Å². The standard InChI is InChI=1S/C15H17N3OS.ClH/c19-14(18-15-17-7-8-20-15)13-3-1-11(2-4-13)9-12-5-6-16-10-12;/h1-4,7-8,12,16H,5-6,9-10H2,(H,17,18,19);1H. The first-order valence-corrected chi connectivity index (χ1v) is 7.70. The van der Waals surface area contributed by atoms with Gasteiger partial charge in [-0.15, -0.1) is 23.7 Å². The van der Waals surface area contributed by atoms with Gasteiger partial charge in [0.1, 0.15) is 0 Å². The van der Waals surface area contributed by atoms with Gasteiger partial charge in [0.15, 0.2) is 5.13 Å². The molecular formula is C15H18ClN3OS. The largest absolute Gasteiger partial charge is 0.316 e. The van der Waals surface area contributed by atoms with E-state index < -0.39 is 0 Å². The minimum atomic E-state index is -0.103. The number of rotatable bonds is 4. The van der Waals surface area contributed by atoms with Gasteiger partial charge in [0, 0.05) is 17.1 Å². The first kappa shape index (κ1) is 15.9. The van der Waals surface area contributed by atoms with Crippen molar-refractivity contribution in [2.24, 2.45) is 5.92 Å². The van der Waals surface area contributed by atoms with E-state index in [0.717, 1.165) is 25.4 Å². The van der Waals surface area contributed by atoms with Gasteiger partial charge in [-0.05, 0) is 49.5 Å². The lowest BCUT2D eigenvalue weighted by molar-refractivity contribution is 0.102. The third-order valence-electron chi connectivity index (χ3n) is 3.56. The van der Waals surface area contributed by atoms with Gasteiger partial charge in [-0.25, -0.2) is 4.98 Å². The Labute approximate surface area is 134 Å². The molecule has 0 saturated carbocycles. The Morgan fingerprint density at radius 1 is 1.38 bits per heavy atom. The maximum Gasteiger partial charge on any atom is 0.257 e. The van der Waals surface area contributed by atoms with Crippen molar-refractivity contribution in [3.8, 4) is 0 Å². The molecule has 1 aromatic heterocycles. The molecule has 112 valence electrons. The van der Waals surface area contributed by atoms with Gasteiger partial charge in [0.2, 0.25) is 0 Å². The van der Waals surface area contributed by atoms with Crippen molar-refractivity contribution in [3.05, 3.63) is 47.0 Å². The second-order valence-electron chi connectivity index (χ2n) is 5.05. The van der Waals surface area contributed by atoms with Crippen LogP contribution < -0.4 is 10.6 Å². The SMILES string of the molecule is Cl.O=C(Nc1nccs1)c1ccc(CC2CCNC2)cc1. The van der Waals surface area contributed by atoms with E-state index in [1.807, 2.05) is 17.5 Å². The molecule has 1 saturated heterocycles. The van der Waals surface area contributed by atoms with Gasteiger partial charge >= 0.3 is 0 Å². The zero-order chi connectivity index (χ0) is 13.8. The minimum absolute atomic E-state index is 0. The summed E-state index contributed by atoms with van der Waals surface area (Å²) in [5.74, 6) is 0.624. The lowest BCUT2D eigenvalue weighted by Crippen LogP contribution is -2.12. The van der Waals surface area contributed by atoms with Crippen molar-refractivity contribution in [1.29, 1.82) is 0 Å². The molecule has 1 aromatic carbocycles. The van der Waals surface area contributed by atoms with E-state index in [2.05, 4.69) is 27.8 Å². The highest BCUT2D eigenvalue weighted by atomic mass is 35.5. The van der Waals surface area contributed by atoms with Gasteiger partial charge in [-0.3, -0.25) is 10.1 Å². The van der Waals surface area contributed by atoms with E-state index in [1.54, 1.807) is 6.20 Å². The van der Waals surface area contributed by atoms with Gasteiger partial charge in [-0.2, -0.15) is 0 Å². The second-order valence-corrected chi connectivity index (χ2v) is 5.95. The third-order valence-corrected chi connectivity index (χ3v) is 4.24. The molecule has 1 atom stereocenters. The van der Waals surface area contributed by atoms with Crippen molar-refractivity contribution in [1.82, 2.24) is 10.3 Å². The predicted molar refractivity (Wildman–Crippen MR) is 88.4 cm³/mol. The lowest BCUT2D eigenvalue weighted by Gasteiger charge is -2.08. The molecule has 0 bridgehead atoms. The highest BCUT2D eigenvalue weighted by Crippen LogP contribution is 2.17. The summed E-state index contributed by atoms with van der Waals surface area (Å²) in [6.07, 6.45) is 4.01. The number of carbonyl (C=O) groups is 1. The molecule has 1 unspecified atom stereocenters. The number of benzene rings is 1. The maximum atomic E-state index is 12.0. The molecule has 2 aromatic rings. The van der Waals surface area contributed by atoms with E-state index in [-0.39, 0.29) is 18.3 Å². The maximum absolute atomic E-state index is 12.0. The summed E-state index contributed by atoms with van der Waals surface area (Å²) in [7, 11) is 0. The predicted octanol–water partition coefficient (Wildman–Crippen LogP) is 2.97. The molecular weight excluding hydrogens is 306 g/mol. The number of nitrogens with one attached hydrogen (secondary N) is 2. The van der Waals surface area contributed by atoms with Gasteiger partial charge in [0.25, 0.3) is 5.91 Å². The van der Waals surface area contributed by atoms with Crippen LogP contribution in [-0.4, -0.2) is 24.0 Å². The lowest BCUT2D eigenvalue weighted by atomic mass is 9.98. The summed E-state index contributed by atoms with van der Waals surface area (Å²) in [6, 6.07) is 7.88. The van der Waals surface area contributed by atoms with Crippen LogP contribution in [0.3, 0.4) is 0 Å². The van der Waals surface area contributed by atoms with Crippen molar-refractivity contribution in [2.75, 3.05) is 18.4 Å². The van der Waals surface area contributed by atoms with Crippen LogP contribution in [0.1, 0.15) is 22.3 Å². The topological polar surface area (TPSA) is 54.0 Å². The van der Waals surface area contributed by atoms with Crippen LogP contribution in [0.25, 0.3) is 0 Å². The highest BCUT2D eigenvalue weighted by Gasteiger charge is 2.15. The zero-order valence-electron chi connectivity index (χ0n) is 11.5. The Bertz CT molecular complexity index is 565. The number of halogens is 1. The molecule has 1 amide bonds. The van der Waals surface area contributed by atoms with Gasteiger partial charge < -0.3 is 5.32 Å². The third kappa shape index (κ3) is 4.27. The van der Waals surface area contributed by atoms with E-state index in [1.165, 1.54) is 23.3 Å². The Balaban J connectivity index is 0.00000161. The summed E-state index contributed by atoms with van der Waals surface area (Å²) in [5, 5.41) is 8.64. The normalized spacial score (nSPS) is 17.2. The van der Waals surface area contributed by atoms with Crippen LogP contribution in [0, 0.1) is 5.92 Å². The number of hydrogen-bond acceptors (Lipinski definition) is 4. The van der Waals surface area contributed by atoms with Crippen LogP contribution >= 0.6 is 23.7 Å². The molecule has 21 heavy (non-hydrogen) atoms. The molecule has 2 N–H and O–H groups in total. The fourth-order valence-electron chi connectivity index (χ4n) is 2.47. The minimum Gasteiger partial charge on any atom is -0.316 e. The van der Waals surface area contributed by atoms with Gasteiger partial charge in [-0.1, -0.05) is 12.1 Å². The summed E-state index contributed by atoms with van der Waals surface area (Å²) in [5.41, 5.74) is 1.97. The molecule has 1 fully saturated rings. The van der Waals surface area contributed by atoms with E-state index in [0.29, 0.717) is 10.7 Å². The molecule has 0 aliphatic carbocycles. The average Bonchev–Trinajstić information content (AvgIpc) is 3.13. The zero-order valence-corrected chi connectivity index (χ0v) is 13.2. The molecule has 1 aliphatic rings. The average molecular weight is 324 g/mol. The van der Waals surface area contributed by atoms with Crippen LogP contribution in [-0.2, 0) is 6.42 Å². The number of thiazole rings is 1. The number of amides is 1. The molecule has 6 heteroatoms. The van der Waals surface area contributed by atoms with Crippen molar-refractivity contribution < 1.29 is 4.79 Å². The smallest absolute Gasteiger partial charge is 0.257 e. The highest BCUT2D eigenvalue weighted by molar-refractivity contribution is 7.13. The summed E-state index contributed by atoms with van der Waals surface area (Å²) >= 11 is 1.42. The van der Waals surface area contributed by atoms with Crippen molar-refractivity contribution in [2.45, 2.75) is 12.8 Å². The van der Waals surface area contributed by atoms with Crippen LogP contribution in [0.5, 0.6) is 0 Å². The number of carbonyl (C=O) groups excluding carboxylic acids is 1. The Morgan fingerprint density at radius 2 is 2.19 bits per heavy atom. The fraction of sp³-hybridized carbons (Fsp3) is 0.333. The molecule has 4 nitrogen and oxygen atoms in total. The molecule has 0 radical (unpaired) electrons. The van der Waals surface area contributed by atoms with Crippen LogP contribution in [0.15, 0.2) is 35.8 Å². The van der Waals surface area contributed by atoms with Crippen LogP contribution in [0.4, 0.5) is 5.13 Å². The molecule has 0 spiro atoms. The molecule has 2 heterocycles. The van der Waals surface area contributed by atoms with E-state index in [4.69, 9.17) is 0 Å². The quantitative estimate of drug-likeness (QED) is 0.909.